The Kier molecular flexibility index (Phi) is 5.37. The van der Waals surface area contributed by atoms with E-state index in [0.717, 1.165) is 41.3 Å². The van der Waals surface area contributed by atoms with E-state index in [1.54, 1.807) is 0 Å². The van der Waals surface area contributed by atoms with Gasteiger partial charge >= 0.3 is 6.03 Å². The lowest BCUT2D eigenvalue weighted by atomic mass is 10.1. The molecule has 0 atom stereocenters. The summed E-state index contributed by atoms with van der Waals surface area (Å²) < 4.78 is 5.37. The third-order valence-electron chi connectivity index (χ3n) is 4.42. The van der Waals surface area contributed by atoms with E-state index in [4.69, 9.17) is 4.74 Å². The summed E-state index contributed by atoms with van der Waals surface area (Å²) in [5, 5.41) is 5.77. The average molecular weight is 355 g/mol. The lowest BCUT2D eigenvalue weighted by Crippen LogP contribution is -2.37. The summed E-state index contributed by atoms with van der Waals surface area (Å²) >= 11 is 0. The molecule has 0 spiro atoms. The Hall–Kier alpha value is -2.67. The van der Waals surface area contributed by atoms with E-state index in [-0.39, 0.29) is 6.03 Å². The molecule has 2 N–H and O–H groups in total. The summed E-state index contributed by atoms with van der Waals surface area (Å²) in [6, 6.07) is 5.61. The molecule has 7 heteroatoms. The van der Waals surface area contributed by atoms with Crippen molar-refractivity contribution >= 4 is 23.4 Å². The number of nitrogens with zero attached hydrogens (tertiary/aromatic N) is 3. The van der Waals surface area contributed by atoms with E-state index in [1.165, 1.54) is 0 Å². The smallest absolute Gasteiger partial charge is 0.323 e. The van der Waals surface area contributed by atoms with Crippen molar-refractivity contribution < 1.29 is 9.53 Å². The molecular formula is C19H25N5O2. The average Bonchev–Trinajstić information content (AvgIpc) is 2.61. The summed E-state index contributed by atoms with van der Waals surface area (Å²) in [6.07, 6.45) is 0. The second kappa shape index (κ2) is 7.70. The molecule has 138 valence electrons. The molecule has 0 unspecified atom stereocenters. The summed E-state index contributed by atoms with van der Waals surface area (Å²) in [5.41, 5.74) is 5.10. The Labute approximate surface area is 153 Å². The van der Waals surface area contributed by atoms with Crippen LogP contribution in [-0.4, -0.2) is 42.3 Å². The minimum Gasteiger partial charge on any atom is -0.378 e. The number of urea groups is 1. The lowest BCUT2D eigenvalue weighted by Gasteiger charge is -2.27. The first-order valence-corrected chi connectivity index (χ1v) is 8.77. The molecule has 0 bridgehead atoms. The number of rotatable bonds is 3. The first kappa shape index (κ1) is 18.1. The monoisotopic (exact) mass is 355 g/mol. The third-order valence-corrected chi connectivity index (χ3v) is 4.42. The van der Waals surface area contributed by atoms with E-state index in [0.29, 0.717) is 24.8 Å². The number of hydrogen-bond donors (Lipinski definition) is 2. The van der Waals surface area contributed by atoms with Gasteiger partial charge in [-0.2, -0.15) is 0 Å². The van der Waals surface area contributed by atoms with E-state index in [9.17, 15) is 4.79 Å². The van der Waals surface area contributed by atoms with Gasteiger partial charge in [0, 0.05) is 18.8 Å². The predicted octanol–water partition coefficient (Wildman–Crippen LogP) is 3.19. The normalized spacial score (nSPS) is 14.2. The Morgan fingerprint density at radius 2 is 1.69 bits per heavy atom. The maximum Gasteiger partial charge on any atom is 0.323 e. The minimum absolute atomic E-state index is 0.300. The van der Waals surface area contributed by atoms with Crippen molar-refractivity contribution in [1.29, 1.82) is 0 Å². The van der Waals surface area contributed by atoms with Crippen molar-refractivity contribution in [3.8, 4) is 0 Å². The van der Waals surface area contributed by atoms with Crippen LogP contribution in [0, 0.1) is 27.7 Å². The molecular weight excluding hydrogens is 330 g/mol. The lowest BCUT2D eigenvalue weighted by molar-refractivity contribution is 0.122. The number of hydrogen-bond acceptors (Lipinski definition) is 5. The van der Waals surface area contributed by atoms with Gasteiger partial charge in [0.1, 0.15) is 0 Å². The number of benzene rings is 1. The van der Waals surface area contributed by atoms with Crippen molar-refractivity contribution in [3.63, 3.8) is 0 Å². The number of carbonyl (C=O) groups is 1. The van der Waals surface area contributed by atoms with Crippen LogP contribution in [0.4, 0.5) is 22.1 Å². The SMILES string of the molecule is Cc1ccc(NC(=O)Nc2c(C)nc(N3CCOCC3)nc2C)c(C)c1. The first-order chi connectivity index (χ1) is 12.4. The highest BCUT2D eigenvalue weighted by Crippen LogP contribution is 2.22. The molecule has 1 aromatic heterocycles. The van der Waals surface area contributed by atoms with Gasteiger partial charge in [0.2, 0.25) is 5.95 Å². The van der Waals surface area contributed by atoms with Gasteiger partial charge in [-0.05, 0) is 39.3 Å². The topological polar surface area (TPSA) is 79.4 Å². The zero-order chi connectivity index (χ0) is 18.7. The Bertz CT molecular complexity index is 793. The van der Waals surface area contributed by atoms with Crippen molar-refractivity contribution in [2.45, 2.75) is 27.7 Å². The second-order valence-corrected chi connectivity index (χ2v) is 6.57. The zero-order valence-electron chi connectivity index (χ0n) is 15.7. The zero-order valence-corrected chi connectivity index (χ0v) is 15.7. The maximum absolute atomic E-state index is 12.4. The van der Waals surface area contributed by atoms with E-state index >= 15 is 0 Å². The van der Waals surface area contributed by atoms with Crippen LogP contribution in [-0.2, 0) is 4.74 Å². The molecule has 1 saturated heterocycles. The molecule has 1 fully saturated rings. The fraction of sp³-hybridized carbons (Fsp3) is 0.421. The van der Waals surface area contributed by atoms with Crippen LogP contribution in [0.1, 0.15) is 22.5 Å². The molecule has 26 heavy (non-hydrogen) atoms. The van der Waals surface area contributed by atoms with Gasteiger partial charge < -0.3 is 20.3 Å². The molecule has 1 aromatic carbocycles. The van der Waals surface area contributed by atoms with Crippen LogP contribution in [0.25, 0.3) is 0 Å². The largest absolute Gasteiger partial charge is 0.378 e. The molecule has 1 aliphatic rings. The standard InChI is InChI=1S/C19H25N5O2/c1-12-5-6-16(13(2)11-12)22-19(25)23-17-14(3)20-18(21-15(17)4)24-7-9-26-10-8-24/h5-6,11H,7-10H2,1-4H3,(H2,22,23,25). The summed E-state index contributed by atoms with van der Waals surface area (Å²) in [6.45, 7) is 10.7. The van der Waals surface area contributed by atoms with Crippen LogP contribution in [0.2, 0.25) is 0 Å². The van der Waals surface area contributed by atoms with Crippen molar-refractivity contribution in [2.75, 3.05) is 41.8 Å². The maximum atomic E-state index is 12.4. The van der Waals surface area contributed by atoms with Gasteiger partial charge in [-0.3, -0.25) is 0 Å². The summed E-state index contributed by atoms with van der Waals surface area (Å²) in [7, 11) is 0. The van der Waals surface area contributed by atoms with Gasteiger partial charge in [-0.25, -0.2) is 14.8 Å². The highest BCUT2D eigenvalue weighted by atomic mass is 16.5. The molecule has 7 nitrogen and oxygen atoms in total. The number of aryl methyl sites for hydroxylation is 4. The predicted molar refractivity (Wildman–Crippen MR) is 103 cm³/mol. The third kappa shape index (κ3) is 4.11. The van der Waals surface area contributed by atoms with Gasteiger partial charge in [0.05, 0.1) is 30.3 Å². The number of carbonyl (C=O) groups excluding carboxylic acids is 1. The molecule has 0 saturated carbocycles. The Balaban J connectivity index is 1.73. The molecule has 3 rings (SSSR count). The van der Waals surface area contributed by atoms with Gasteiger partial charge in [-0.15, -0.1) is 0 Å². The van der Waals surface area contributed by atoms with Crippen LogP contribution >= 0.6 is 0 Å². The number of ether oxygens (including phenoxy) is 1. The Morgan fingerprint density at radius 3 is 2.31 bits per heavy atom. The fourth-order valence-corrected chi connectivity index (χ4v) is 3.01. The number of nitrogens with one attached hydrogen (secondary N) is 2. The summed E-state index contributed by atoms with van der Waals surface area (Å²) in [5.74, 6) is 0.684. The molecule has 2 heterocycles. The van der Waals surface area contributed by atoms with Gasteiger partial charge in [0.15, 0.2) is 0 Å². The number of amides is 2. The highest BCUT2D eigenvalue weighted by molar-refractivity contribution is 6.00. The van der Waals surface area contributed by atoms with Crippen LogP contribution in [0.3, 0.4) is 0 Å². The Morgan fingerprint density at radius 1 is 1.04 bits per heavy atom. The summed E-state index contributed by atoms with van der Waals surface area (Å²) in [4.78, 5) is 23.6. The minimum atomic E-state index is -0.300. The van der Waals surface area contributed by atoms with Crippen LogP contribution in [0.15, 0.2) is 18.2 Å². The number of aromatic nitrogens is 2. The fourth-order valence-electron chi connectivity index (χ4n) is 3.01. The quantitative estimate of drug-likeness (QED) is 0.884. The molecule has 2 aromatic rings. The first-order valence-electron chi connectivity index (χ1n) is 8.77. The van der Waals surface area contributed by atoms with Crippen LogP contribution < -0.4 is 15.5 Å². The van der Waals surface area contributed by atoms with E-state index in [2.05, 4.69) is 25.5 Å². The molecule has 0 aliphatic carbocycles. The highest BCUT2D eigenvalue weighted by Gasteiger charge is 2.18. The van der Waals surface area contributed by atoms with Crippen molar-refractivity contribution in [3.05, 3.63) is 40.7 Å². The second-order valence-electron chi connectivity index (χ2n) is 6.57. The van der Waals surface area contributed by atoms with E-state index in [1.807, 2.05) is 45.9 Å². The van der Waals surface area contributed by atoms with Crippen molar-refractivity contribution in [2.24, 2.45) is 0 Å². The van der Waals surface area contributed by atoms with E-state index < -0.39 is 0 Å². The number of morpholine rings is 1. The van der Waals surface area contributed by atoms with Gasteiger partial charge in [-0.1, -0.05) is 17.7 Å². The number of anilines is 3. The molecule has 1 aliphatic heterocycles. The van der Waals surface area contributed by atoms with Crippen molar-refractivity contribution in [1.82, 2.24) is 9.97 Å². The van der Waals surface area contributed by atoms with Crippen LogP contribution in [0.5, 0.6) is 0 Å². The molecule has 2 amide bonds. The van der Waals surface area contributed by atoms with Gasteiger partial charge in [0.25, 0.3) is 0 Å². The molecule has 0 radical (unpaired) electrons.